The van der Waals surface area contributed by atoms with E-state index >= 15 is 0 Å². The molecule has 1 atom stereocenters. The molecule has 0 saturated heterocycles. The molecule has 0 bridgehead atoms. The van der Waals surface area contributed by atoms with Gasteiger partial charge in [-0.3, -0.25) is 9.59 Å². The predicted octanol–water partition coefficient (Wildman–Crippen LogP) is 0.644. The Kier molecular flexibility index (Phi) is 6.19. The van der Waals surface area contributed by atoms with Gasteiger partial charge in [-0.1, -0.05) is 5.16 Å². The van der Waals surface area contributed by atoms with Gasteiger partial charge in [-0.2, -0.15) is 0 Å². The molecule has 1 aromatic heterocycles. The molecule has 125 valence electrons. The number of hydrogen-bond acceptors (Lipinski definition) is 10. The summed E-state index contributed by atoms with van der Waals surface area (Å²) in [6.45, 7) is 4.78. The van der Waals surface area contributed by atoms with Crippen molar-refractivity contribution in [3.63, 3.8) is 0 Å². The van der Waals surface area contributed by atoms with Crippen molar-refractivity contribution < 1.29 is 28.7 Å². The highest BCUT2D eigenvalue weighted by Crippen LogP contribution is 2.17. The molecule has 0 amide bonds. The van der Waals surface area contributed by atoms with Crippen LogP contribution in [-0.4, -0.2) is 42.3 Å². The molecule has 23 heavy (non-hydrogen) atoms. The van der Waals surface area contributed by atoms with Crippen LogP contribution in [0.25, 0.3) is 0 Å². The molecule has 1 radical (unpaired) electrons. The molecule has 0 aromatic carbocycles. The van der Waals surface area contributed by atoms with E-state index in [9.17, 15) is 14.4 Å². The van der Waals surface area contributed by atoms with Gasteiger partial charge >= 0.3 is 18.2 Å². The van der Waals surface area contributed by atoms with Crippen molar-refractivity contribution in [2.45, 2.75) is 27.1 Å². The number of anilines is 1. The van der Waals surface area contributed by atoms with Crippen LogP contribution in [0.5, 0.6) is 0 Å². The maximum Gasteiger partial charge on any atom is 0.391 e. The highest BCUT2D eigenvalue weighted by Gasteiger charge is 2.32. The number of nitrogen functional groups attached to an aromatic ring is 1. The molecule has 10 heteroatoms. The van der Waals surface area contributed by atoms with Crippen molar-refractivity contribution >= 4 is 40.4 Å². The van der Waals surface area contributed by atoms with E-state index in [1.54, 1.807) is 20.8 Å². The van der Waals surface area contributed by atoms with Crippen LogP contribution in [0, 0.1) is 5.41 Å². The number of rotatable bonds is 6. The minimum absolute atomic E-state index is 0.119. The summed E-state index contributed by atoms with van der Waals surface area (Å²) < 4.78 is 9.35. The maximum absolute atomic E-state index is 11.8. The molecule has 0 aliphatic heterocycles. The fourth-order valence-electron chi connectivity index (χ4n) is 1.10. The normalized spacial score (nSPS) is 13.1. The first-order chi connectivity index (χ1) is 10.7. The molecular formula is C13H16N3O6S. The van der Waals surface area contributed by atoms with Gasteiger partial charge in [0, 0.05) is 5.38 Å². The summed E-state index contributed by atoms with van der Waals surface area (Å²) in [5, 5.41) is 5.10. The second-order valence-electron chi connectivity index (χ2n) is 5.23. The third-order valence-electron chi connectivity index (χ3n) is 2.32. The zero-order chi connectivity index (χ0) is 17.6. The van der Waals surface area contributed by atoms with E-state index < -0.39 is 23.6 Å². The largest absolute Gasteiger partial charge is 0.463 e. The summed E-state index contributed by atoms with van der Waals surface area (Å²) in [6.07, 6.45) is -0.260. The van der Waals surface area contributed by atoms with Crippen LogP contribution < -0.4 is 5.73 Å². The van der Waals surface area contributed by atoms with Crippen molar-refractivity contribution in [2.75, 3.05) is 12.8 Å². The third kappa shape index (κ3) is 5.33. The van der Waals surface area contributed by atoms with Gasteiger partial charge in [-0.15, -0.1) is 11.3 Å². The first kappa shape index (κ1) is 18.6. The lowest BCUT2D eigenvalue weighted by molar-refractivity contribution is -0.204. The minimum Gasteiger partial charge on any atom is -0.463 e. The monoisotopic (exact) mass is 342 g/mol. The van der Waals surface area contributed by atoms with Gasteiger partial charge in [0.1, 0.15) is 5.69 Å². The summed E-state index contributed by atoms with van der Waals surface area (Å²) in [5.74, 6) is -1.70. The Morgan fingerprint density at radius 1 is 1.43 bits per heavy atom. The number of nitrogens with zero attached hydrogens (tertiary/aromatic N) is 2. The number of hydrogen-bond donors (Lipinski definition) is 1. The molecule has 0 aliphatic rings. The van der Waals surface area contributed by atoms with Gasteiger partial charge in [-0.25, -0.2) is 9.78 Å². The maximum atomic E-state index is 11.8. The van der Waals surface area contributed by atoms with Crippen molar-refractivity contribution in [1.82, 2.24) is 4.98 Å². The Morgan fingerprint density at radius 3 is 2.52 bits per heavy atom. The Morgan fingerprint density at radius 2 is 2.09 bits per heavy atom. The molecular weight excluding hydrogens is 326 g/mol. The number of nitrogens with two attached hydrogens (primary N) is 1. The van der Waals surface area contributed by atoms with Gasteiger partial charge in [-0.05, 0) is 20.8 Å². The van der Waals surface area contributed by atoms with Crippen LogP contribution in [0.3, 0.4) is 0 Å². The van der Waals surface area contributed by atoms with Crippen LogP contribution in [0.2, 0.25) is 0 Å². The van der Waals surface area contributed by atoms with Crippen LogP contribution in [-0.2, 0) is 28.7 Å². The Labute approximate surface area is 136 Å². The van der Waals surface area contributed by atoms with Crippen molar-refractivity contribution in [3.05, 3.63) is 11.1 Å². The highest BCUT2D eigenvalue weighted by molar-refractivity contribution is 7.13. The number of aromatic nitrogens is 1. The number of methoxy groups -OCH3 is 1. The van der Waals surface area contributed by atoms with Crippen LogP contribution in [0.15, 0.2) is 10.5 Å². The van der Waals surface area contributed by atoms with Gasteiger partial charge in [0.25, 0.3) is 6.29 Å². The van der Waals surface area contributed by atoms with E-state index in [0.717, 1.165) is 18.4 Å². The zero-order valence-electron chi connectivity index (χ0n) is 13.0. The number of ether oxygens (including phenoxy) is 2. The first-order valence-electron chi connectivity index (χ1n) is 6.31. The lowest BCUT2D eigenvalue weighted by Gasteiger charge is -2.20. The molecule has 0 fully saturated rings. The molecule has 9 nitrogen and oxygen atoms in total. The topological polar surface area (TPSA) is 130 Å². The zero-order valence-corrected chi connectivity index (χ0v) is 13.8. The number of carbonyl (C=O) groups excluding carboxylic acids is 3. The average molecular weight is 342 g/mol. The second-order valence-corrected chi connectivity index (χ2v) is 6.12. The van der Waals surface area contributed by atoms with Crippen molar-refractivity contribution in [3.8, 4) is 0 Å². The quantitative estimate of drug-likeness (QED) is 0.345. The standard InChI is InChI=1S/C13H16N3O6S/c1-13(2,3)11(19)21-10(9(18)20-4)22-16-7(5-17)8-6-23-12(14)15-8/h6,10H,1-4H3,(H2,14,15). The highest BCUT2D eigenvalue weighted by atomic mass is 32.1. The minimum atomic E-state index is -1.76. The van der Waals surface area contributed by atoms with E-state index in [-0.39, 0.29) is 16.5 Å². The van der Waals surface area contributed by atoms with Crippen LogP contribution in [0.1, 0.15) is 26.5 Å². The van der Waals surface area contributed by atoms with Crippen molar-refractivity contribution in [1.29, 1.82) is 0 Å². The molecule has 0 aliphatic carbocycles. The van der Waals surface area contributed by atoms with Gasteiger partial charge in [0.15, 0.2) is 10.8 Å². The third-order valence-corrected chi connectivity index (χ3v) is 2.99. The summed E-state index contributed by atoms with van der Waals surface area (Å²) in [6, 6.07) is 0. The fraction of sp³-hybridized carbons (Fsp3) is 0.462. The lowest BCUT2D eigenvalue weighted by atomic mass is 9.97. The average Bonchev–Trinajstić information content (AvgIpc) is 2.91. The fourth-order valence-corrected chi connectivity index (χ4v) is 1.65. The van der Waals surface area contributed by atoms with E-state index in [1.807, 2.05) is 0 Å². The predicted molar refractivity (Wildman–Crippen MR) is 81.2 cm³/mol. The number of thiazole rings is 1. The summed E-state index contributed by atoms with van der Waals surface area (Å²) in [5.41, 5.74) is 4.36. The molecule has 0 spiro atoms. The van der Waals surface area contributed by atoms with Gasteiger partial charge < -0.3 is 20.0 Å². The van der Waals surface area contributed by atoms with Crippen molar-refractivity contribution in [2.24, 2.45) is 10.6 Å². The summed E-state index contributed by atoms with van der Waals surface area (Å²) >= 11 is 1.08. The molecule has 1 rings (SSSR count). The lowest BCUT2D eigenvalue weighted by Crippen LogP contribution is -2.35. The van der Waals surface area contributed by atoms with Crippen LogP contribution >= 0.6 is 11.3 Å². The molecule has 0 saturated carbocycles. The Balaban J connectivity index is 2.92. The SMILES string of the molecule is COC(=O)C(ON=C([C]=O)c1csc(N)n1)OC(=O)C(C)(C)C. The summed E-state index contributed by atoms with van der Waals surface area (Å²) in [7, 11) is 1.08. The van der Waals surface area contributed by atoms with E-state index in [4.69, 9.17) is 15.3 Å². The number of oxime groups is 1. The second kappa shape index (κ2) is 7.68. The molecule has 1 unspecified atom stereocenters. The smallest absolute Gasteiger partial charge is 0.391 e. The Hall–Kier alpha value is -2.49. The summed E-state index contributed by atoms with van der Waals surface area (Å²) in [4.78, 5) is 43.0. The molecule has 2 N–H and O–H groups in total. The Bertz CT molecular complexity index is 619. The molecule has 1 heterocycles. The van der Waals surface area contributed by atoms with Gasteiger partial charge in [0.2, 0.25) is 0 Å². The van der Waals surface area contributed by atoms with E-state index in [0.29, 0.717) is 0 Å². The number of carbonyl (C=O) groups is 2. The van der Waals surface area contributed by atoms with E-state index in [2.05, 4.69) is 14.9 Å². The van der Waals surface area contributed by atoms with E-state index in [1.165, 1.54) is 11.7 Å². The molecule has 1 aromatic rings. The van der Waals surface area contributed by atoms with Crippen LogP contribution in [0.4, 0.5) is 5.13 Å². The number of esters is 2. The first-order valence-corrected chi connectivity index (χ1v) is 7.19. The van der Waals surface area contributed by atoms with Gasteiger partial charge in [0.05, 0.1) is 12.5 Å².